The Morgan fingerprint density at radius 1 is 0.789 bits per heavy atom. The summed E-state index contributed by atoms with van der Waals surface area (Å²) in [7, 11) is 0. The minimum Gasteiger partial charge on any atom is -0.387 e. The maximum atomic E-state index is 10.7. The number of hydrogen-bond acceptors (Lipinski definition) is 1. The maximum Gasteiger partial charge on any atom is 0.0910 e. The highest BCUT2D eigenvalue weighted by Crippen LogP contribution is 2.52. The van der Waals surface area contributed by atoms with Gasteiger partial charge in [0.25, 0.3) is 0 Å². The SMILES string of the molecule is O[C@@H]1c2ccccc2[C@@H]2C=C(Cl)[C@H]1c1ccccc12. The molecule has 0 spiro atoms. The number of rotatable bonds is 0. The number of halogens is 1. The molecular weight excluding hydrogens is 256 g/mol. The molecule has 0 unspecified atom stereocenters. The predicted octanol–water partition coefficient (Wildman–Crippen LogP) is 4.09. The Balaban J connectivity index is 2.08. The third kappa shape index (κ3) is 1.46. The summed E-state index contributed by atoms with van der Waals surface area (Å²) in [6.07, 6.45) is 1.53. The Morgan fingerprint density at radius 3 is 2.00 bits per heavy atom. The van der Waals surface area contributed by atoms with Gasteiger partial charge in [-0.3, -0.25) is 0 Å². The van der Waals surface area contributed by atoms with Crippen LogP contribution < -0.4 is 0 Å². The molecule has 0 saturated heterocycles. The van der Waals surface area contributed by atoms with Crippen molar-refractivity contribution in [3.05, 3.63) is 81.9 Å². The van der Waals surface area contributed by atoms with Crippen molar-refractivity contribution in [2.24, 2.45) is 0 Å². The van der Waals surface area contributed by atoms with E-state index >= 15 is 0 Å². The van der Waals surface area contributed by atoms with Crippen LogP contribution in [-0.2, 0) is 0 Å². The van der Waals surface area contributed by atoms with Crippen molar-refractivity contribution in [1.29, 1.82) is 0 Å². The molecule has 2 heteroatoms. The number of allylic oxidation sites excluding steroid dienone is 1. The molecule has 19 heavy (non-hydrogen) atoms. The molecule has 2 aromatic carbocycles. The Bertz CT molecular complexity index is 689. The Labute approximate surface area is 117 Å². The van der Waals surface area contributed by atoms with Crippen LogP contribution in [0.15, 0.2) is 59.6 Å². The highest BCUT2D eigenvalue weighted by atomic mass is 35.5. The van der Waals surface area contributed by atoms with Crippen LogP contribution in [0.4, 0.5) is 0 Å². The van der Waals surface area contributed by atoms with Crippen molar-refractivity contribution in [1.82, 2.24) is 0 Å². The second-order valence-electron chi connectivity index (χ2n) is 5.21. The minimum absolute atomic E-state index is 0.127. The normalized spacial score (nSPS) is 27.3. The molecule has 0 fully saturated rings. The monoisotopic (exact) mass is 268 g/mol. The second-order valence-corrected chi connectivity index (χ2v) is 5.65. The lowest BCUT2D eigenvalue weighted by atomic mass is 9.81. The largest absolute Gasteiger partial charge is 0.387 e. The van der Waals surface area contributed by atoms with Gasteiger partial charge < -0.3 is 5.11 Å². The molecule has 0 aliphatic heterocycles. The van der Waals surface area contributed by atoms with Crippen molar-refractivity contribution < 1.29 is 5.11 Å². The fourth-order valence-corrected chi connectivity index (χ4v) is 3.76. The van der Waals surface area contributed by atoms with Gasteiger partial charge in [0.1, 0.15) is 0 Å². The lowest BCUT2D eigenvalue weighted by Gasteiger charge is -2.26. The summed E-state index contributed by atoms with van der Waals surface area (Å²) in [6, 6.07) is 16.4. The highest BCUT2D eigenvalue weighted by molar-refractivity contribution is 6.30. The predicted molar refractivity (Wildman–Crippen MR) is 76.4 cm³/mol. The molecule has 94 valence electrons. The number of aliphatic hydroxyl groups is 1. The molecule has 3 atom stereocenters. The fraction of sp³-hybridized carbons (Fsp3) is 0.176. The van der Waals surface area contributed by atoms with Crippen molar-refractivity contribution in [3.63, 3.8) is 0 Å². The zero-order valence-corrected chi connectivity index (χ0v) is 11.0. The van der Waals surface area contributed by atoms with E-state index < -0.39 is 6.10 Å². The Hall–Kier alpha value is -1.57. The number of hydrogen-bond donors (Lipinski definition) is 1. The van der Waals surface area contributed by atoms with Crippen molar-refractivity contribution in [2.45, 2.75) is 17.9 Å². The third-order valence-corrected chi connectivity index (χ3v) is 4.62. The number of aliphatic hydroxyl groups excluding tert-OH is 1. The first-order valence-corrected chi connectivity index (χ1v) is 6.88. The van der Waals surface area contributed by atoms with Crippen LogP contribution in [0, 0.1) is 0 Å². The molecule has 0 radical (unpaired) electrons. The summed E-state index contributed by atoms with van der Waals surface area (Å²) in [4.78, 5) is 0. The molecule has 2 aromatic rings. The second kappa shape index (κ2) is 3.96. The summed E-state index contributed by atoms with van der Waals surface area (Å²) in [5.41, 5.74) is 4.59. The van der Waals surface area contributed by atoms with E-state index in [4.69, 9.17) is 11.6 Å². The standard InChI is InChI=1S/C17H13ClO/c18-15-9-14-10-5-1-3-7-12(10)16(15)17(19)13-8-4-2-6-11(13)14/h1-9,14,16-17,19H/t14-,16-,17-/m1/s1. The van der Waals surface area contributed by atoms with Gasteiger partial charge in [0.15, 0.2) is 0 Å². The molecule has 0 heterocycles. The Morgan fingerprint density at radius 2 is 1.32 bits per heavy atom. The zero-order chi connectivity index (χ0) is 13.0. The lowest BCUT2D eigenvalue weighted by molar-refractivity contribution is 0.161. The summed E-state index contributed by atoms with van der Waals surface area (Å²) >= 11 is 6.43. The van der Waals surface area contributed by atoms with E-state index in [1.54, 1.807) is 0 Å². The van der Waals surface area contributed by atoms with Crippen LogP contribution in [0.1, 0.15) is 40.2 Å². The first-order chi connectivity index (χ1) is 9.27. The van der Waals surface area contributed by atoms with E-state index in [1.807, 2.05) is 24.3 Å². The van der Waals surface area contributed by atoms with Gasteiger partial charge in [-0.05, 0) is 22.3 Å². The summed E-state index contributed by atoms with van der Waals surface area (Å²) in [5, 5.41) is 11.5. The van der Waals surface area contributed by atoms with E-state index in [0.29, 0.717) is 0 Å². The van der Waals surface area contributed by atoms with Gasteiger partial charge in [-0.2, -0.15) is 0 Å². The lowest BCUT2D eigenvalue weighted by Crippen LogP contribution is -2.13. The number of benzene rings is 2. The van der Waals surface area contributed by atoms with E-state index in [9.17, 15) is 5.11 Å². The van der Waals surface area contributed by atoms with Crippen LogP contribution in [-0.4, -0.2) is 5.11 Å². The molecule has 3 aliphatic rings. The van der Waals surface area contributed by atoms with Crippen LogP contribution in [0.25, 0.3) is 0 Å². The smallest absolute Gasteiger partial charge is 0.0910 e. The maximum absolute atomic E-state index is 10.7. The van der Waals surface area contributed by atoms with E-state index in [-0.39, 0.29) is 11.8 Å². The molecular formula is C17H13ClO. The first-order valence-electron chi connectivity index (χ1n) is 6.50. The van der Waals surface area contributed by atoms with Crippen molar-refractivity contribution in [2.75, 3.05) is 0 Å². The van der Waals surface area contributed by atoms with Gasteiger partial charge in [0.2, 0.25) is 0 Å². The van der Waals surface area contributed by atoms with Gasteiger partial charge in [-0.15, -0.1) is 0 Å². The highest BCUT2D eigenvalue weighted by Gasteiger charge is 2.39. The van der Waals surface area contributed by atoms with E-state index in [0.717, 1.165) is 16.2 Å². The first kappa shape index (κ1) is 11.3. The molecule has 1 N–H and O–H groups in total. The third-order valence-electron chi connectivity index (χ3n) is 4.25. The van der Waals surface area contributed by atoms with E-state index in [1.165, 1.54) is 11.1 Å². The summed E-state index contributed by atoms with van der Waals surface area (Å²) in [5.74, 6) is 0.0334. The Kier molecular flexibility index (Phi) is 2.35. The van der Waals surface area contributed by atoms with Crippen LogP contribution in [0.5, 0.6) is 0 Å². The van der Waals surface area contributed by atoms with Crippen LogP contribution in [0.3, 0.4) is 0 Å². The molecule has 3 aliphatic carbocycles. The van der Waals surface area contributed by atoms with Gasteiger partial charge >= 0.3 is 0 Å². The average Bonchev–Trinajstić information content (AvgIpc) is 2.62. The molecule has 2 bridgehead atoms. The van der Waals surface area contributed by atoms with Crippen molar-refractivity contribution in [3.8, 4) is 0 Å². The zero-order valence-electron chi connectivity index (χ0n) is 10.3. The van der Waals surface area contributed by atoms with Crippen molar-refractivity contribution >= 4 is 11.6 Å². The molecule has 0 amide bonds. The van der Waals surface area contributed by atoms with Gasteiger partial charge in [0.05, 0.1) is 6.10 Å². The van der Waals surface area contributed by atoms with Gasteiger partial charge in [0, 0.05) is 16.9 Å². The van der Waals surface area contributed by atoms with E-state index in [2.05, 4.69) is 30.3 Å². The fourth-order valence-electron chi connectivity index (χ4n) is 3.40. The van der Waals surface area contributed by atoms with Gasteiger partial charge in [-0.1, -0.05) is 66.2 Å². The molecule has 5 rings (SSSR count). The van der Waals surface area contributed by atoms with Crippen LogP contribution >= 0.6 is 11.6 Å². The molecule has 1 nitrogen and oxygen atoms in total. The van der Waals surface area contributed by atoms with Gasteiger partial charge in [-0.25, -0.2) is 0 Å². The summed E-state index contributed by atoms with van der Waals surface area (Å²) in [6.45, 7) is 0. The molecule has 0 saturated carbocycles. The van der Waals surface area contributed by atoms with Crippen LogP contribution in [0.2, 0.25) is 0 Å². The quantitative estimate of drug-likeness (QED) is 0.763. The minimum atomic E-state index is -0.561. The average molecular weight is 269 g/mol. The molecule has 0 aromatic heterocycles. The topological polar surface area (TPSA) is 20.2 Å². The summed E-state index contributed by atoms with van der Waals surface area (Å²) < 4.78 is 0.